The molecule has 0 unspecified atom stereocenters. The highest BCUT2D eigenvalue weighted by Crippen LogP contribution is 2.21. The van der Waals surface area contributed by atoms with Gasteiger partial charge in [0.1, 0.15) is 5.75 Å². The zero-order valence-electron chi connectivity index (χ0n) is 10.6. The largest absolute Gasteiger partial charge is 0.482 e. The summed E-state index contributed by atoms with van der Waals surface area (Å²) in [5.41, 5.74) is 0.385. The fourth-order valence-corrected chi connectivity index (χ4v) is 1.83. The number of nitrogens with one attached hydrogen (secondary N) is 1. The number of carbonyl (C=O) groups excluding carboxylic acids is 1. The van der Waals surface area contributed by atoms with Crippen LogP contribution in [0.5, 0.6) is 5.75 Å². The molecule has 0 aliphatic carbocycles. The molecule has 9 heteroatoms. The molecule has 0 heterocycles. The van der Waals surface area contributed by atoms with Crippen LogP contribution in [0.1, 0.15) is 0 Å². The number of benzene rings is 1. The Morgan fingerprint density at radius 3 is 2.38 bits per heavy atom. The molecule has 2 N–H and O–H groups in total. The normalized spacial score (nSPS) is 11.0. The lowest BCUT2D eigenvalue weighted by molar-refractivity contribution is -0.139. The van der Waals surface area contributed by atoms with Crippen molar-refractivity contribution in [1.82, 2.24) is 0 Å². The SMILES string of the molecule is O=C(O)COc1ccc(NC(=O)CSCC(F)(F)F)cc1. The predicted molar refractivity (Wildman–Crippen MR) is 71.6 cm³/mol. The van der Waals surface area contributed by atoms with Gasteiger partial charge in [0, 0.05) is 5.69 Å². The molecule has 0 saturated heterocycles. The van der Waals surface area contributed by atoms with Crippen molar-refractivity contribution in [2.75, 3.05) is 23.4 Å². The van der Waals surface area contributed by atoms with Crippen molar-refractivity contribution in [1.29, 1.82) is 0 Å². The van der Waals surface area contributed by atoms with Gasteiger partial charge < -0.3 is 15.2 Å². The number of carboxylic acids is 1. The number of ether oxygens (including phenoxy) is 1. The quantitative estimate of drug-likeness (QED) is 0.806. The molecule has 116 valence electrons. The van der Waals surface area contributed by atoms with Crippen LogP contribution in [0.15, 0.2) is 24.3 Å². The minimum absolute atomic E-state index is 0.307. The van der Waals surface area contributed by atoms with E-state index in [2.05, 4.69) is 5.32 Å². The van der Waals surface area contributed by atoms with Crippen LogP contribution in [-0.4, -0.2) is 41.3 Å². The molecular weight excluding hydrogens is 311 g/mol. The summed E-state index contributed by atoms with van der Waals surface area (Å²) in [5.74, 6) is -2.75. The van der Waals surface area contributed by atoms with Gasteiger partial charge in [0.2, 0.25) is 5.91 Å². The number of anilines is 1. The molecule has 0 bridgehead atoms. The van der Waals surface area contributed by atoms with Gasteiger partial charge in [-0.15, -0.1) is 11.8 Å². The number of hydrogen-bond donors (Lipinski definition) is 2. The number of carbonyl (C=O) groups is 2. The first-order valence-corrected chi connectivity index (χ1v) is 6.81. The molecular formula is C12H12F3NO4S. The van der Waals surface area contributed by atoms with Gasteiger partial charge in [0.05, 0.1) is 11.5 Å². The first-order chi connectivity index (χ1) is 9.76. The first-order valence-electron chi connectivity index (χ1n) is 5.65. The number of amides is 1. The van der Waals surface area contributed by atoms with E-state index in [1.165, 1.54) is 24.3 Å². The van der Waals surface area contributed by atoms with Crippen molar-refractivity contribution >= 4 is 29.3 Å². The van der Waals surface area contributed by atoms with Crippen LogP contribution in [0, 0.1) is 0 Å². The van der Waals surface area contributed by atoms with E-state index in [9.17, 15) is 22.8 Å². The summed E-state index contributed by atoms with van der Waals surface area (Å²) in [6, 6.07) is 5.82. The lowest BCUT2D eigenvalue weighted by Crippen LogP contribution is -2.17. The van der Waals surface area contributed by atoms with Crippen molar-refractivity contribution in [3.8, 4) is 5.75 Å². The maximum absolute atomic E-state index is 11.9. The first kappa shape index (κ1) is 17.2. The molecule has 0 aliphatic rings. The second-order valence-corrected chi connectivity index (χ2v) is 4.85. The van der Waals surface area contributed by atoms with Crippen LogP contribution < -0.4 is 10.1 Å². The Morgan fingerprint density at radius 2 is 1.86 bits per heavy atom. The Balaban J connectivity index is 2.37. The van der Waals surface area contributed by atoms with Gasteiger partial charge >= 0.3 is 12.1 Å². The Kier molecular flexibility index (Phi) is 6.35. The molecule has 0 atom stereocenters. The van der Waals surface area contributed by atoms with Crippen molar-refractivity contribution in [3.05, 3.63) is 24.3 Å². The Bertz CT molecular complexity index is 490. The van der Waals surface area contributed by atoms with E-state index in [0.717, 1.165) is 0 Å². The average molecular weight is 323 g/mol. The predicted octanol–water partition coefficient (Wildman–Crippen LogP) is 2.38. The van der Waals surface area contributed by atoms with Crippen LogP contribution in [-0.2, 0) is 9.59 Å². The van der Waals surface area contributed by atoms with Crippen LogP contribution in [0.2, 0.25) is 0 Å². The Labute approximate surface area is 122 Å². The van der Waals surface area contributed by atoms with Crippen molar-refractivity contribution in [2.24, 2.45) is 0 Å². The fourth-order valence-electron chi connectivity index (χ4n) is 1.24. The highest BCUT2D eigenvalue weighted by atomic mass is 32.2. The third-order valence-electron chi connectivity index (χ3n) is 2.00. The molecule has 0 saturated carbocycles. The molecule has 1 rings (SSSR count). The van der Waals surface area contributed by atoms with E-state index in [1.807, 2.05) is 0 Å². The van der Waals surface area contributed by atoms with Crippen LogP contribution in [0.3, 0.4) is 0 Å². The summed E-state index contributed by atoms with van der Waals surface area (Å²) in [7, 11) is 0. The average Bonchev–Trinajstić information content (AvgIpc) is 2.36. The number of hydrogen-bond acceptors (Lipinski definition) is 4. The van der Waals surface area contributed by atoms with E-state index in [0.29, 0.717) is 23.2 Å². The monoisotopic (exact) mass is 323 g/mol. The summed E-state index contributed by atoms with van der Waals surface area (Å²) in [6.07, 6.45) is -4.30. The molecule has 1 amide bonds. The summed E-state index contributed by atoms with van der Waals surface area (Å²) in [5, 5.41) is 10.8. The molecule has 21 heavy (non-hydrogen) atoms. The molecule has 0 fully saturated rings. The third-order valence-corrected chi connectivity index (χ3v) is 3.00. The summed E-state index contributed by atoms with van der Waals surface area (Å²) >= 11 is 0.475. The van der Waals surface area contributed by atoms with Crippen molar-refractivity contribution in [2.45, 2.75) is 6.18 Å². The number of thioether (sulfide) groups is 1. The van der Waals surface area contributed by atoms with Crippen LogP contribution in [0.25, 0.3) is 0 Å². The number of carboxylic acid groups (broad SMARTS) is 1. The Morgan fingerprint density at radius 1 is 1.24 bits per heavy atom. The van der Waals surface area contributed by atoms with Crippen LogP contribution >= 0.6 is 11.8 Å². The summed E-state index contributed by atoms with van der Waals surface area (Å²) in [6.45, 7) is -0.486. The molecule has 0 aliphatic heterocycles. The molecule has 0 spiro atoms. The second kappa shape index (κ2) is 7.77. The lowest BCUT2D eigenvalue weighted by Gasteiger charge is -2.08. The topological polar surface area (TPSA) is 75.6 Å². The van der Waals surface area contributed by atoms with Crippen LogP contribution in [0.4, 0.5) is 18.9 Å². The minimum atomic E-state index is -4.30. The van der Waals surface area contributed by atoms with Crippen molar-refractivity contribution in [3.63, 3.8) is 0 Å². The Hall–Kier alpha value is -1.90. The second-order valence-electron chi connectivity index (χ2n) is 3.86. The van der Waals surface area contributed by atoms with Gasteiger partial charge in [-0.2, -0.15) is 13.2 Å². The number of rotatable bonds is 7. The van der Waals surface area contributed by atoms with E-state index in [1.54, 1.807) is 0 Å². The van der Waals surface area contributed by atoms with Gasteiger partial charge in [-0.3, -0.25) is 4.79 Å². The lowest BCUT2D eigenvalue weighted by atomic mass is 10.3. The smallest absolute Gasteiger partial charge is 0.397 e. The van der Waals surface area contributed by atoms with E-state index < -0.39 is 30.4 Å². The van der Waals surface area contributed by atoms with E-state index >= 15 is 0 Å². The van der Waals surface area contributed by atoms with Gasteiger partial charge in [-0.1, -0.05) is 0 Å². The number of alkyl halides is 3. The zero-order valence-corrected chi connectivity index (χ0v) is 11.5. The molecule has 1 aromatic rings. The maximum Gasteiger partial charge on any atom is 0.397 e. The molecule has 5 nitrogen and oxygen atoms in total. The van der Waals surface area contributed by atoms with Gasteiger partial charge in [0.25, 0.3) is 0 Å². The molecule has 0 radical (unpaired) electrons. The highest BCUT2D eigenvalue weighted by Gasteiger charge is 2.27. The minimum Gasteiger partial charge on any atom is -0.482 e. The summed E-state index contributed by atoms with van der Waals surface area (Å²) in [4.78, 5) is 21.7. The third kappa shape index (κ3) is 8.08. The van der Waals surface area contributed by atoms with E-state index in [-0.39, 0.29) is 5.75 Å². The maximum atomic E-state index is 11.9. The van der Waals surface area contributed by atoms with Gasteiger partial charge in [-0.25, -0.2) is 4.79 Å². The van der Waals surface area contributed by atoms with E-state index in [4.69, 9.17) is 9.84 Å². The standard InChI is InChI=1S/C12H12F3NO4S/c13-12(14,15)7-21-6-10(17)16-8-1-3-9(4-2-8)20-5-11(18)19/h1-4H,5-7H2,(H,16,17)(H,18,19). The summed E-state index contributed by atoms with van der Waals surface area (Å²) < 4.78 is 40.6. The number of aliphatic carboxylic acids is 1. The fraction of sp³-hybridized carbons (Fsp3) is 0.333. The zero-order chi connectivity index (χ0) is 15.9. The van der Waals surface area contributed by atoms with Gasteiger partial charge in [0.15, 0.2) is 6.61 Å². The van der Waals surface area contributed by atoms with Crippen molar-refractivity contribution < 1.29 is 32.6 Å². The molecule has 0 aromatic heterocycles. The molecule has 1 aromatic carbocycles. The highest BCUT2D eigenvalue weighted by molar-refractivity contribution is 8.00. The van der Waals surface area contributed by atoms with Gasteiger partial charge in [-0.05, 0) is 24.3 Å². The number of halogens is 3.